The lowest BCUT2D eigenvalue weighted by Crippen LogP contribution is -2.37. The minimum absolute atomic E-state index is 0. The molecule has 7 heteroatoms. The van der Waals surface area contributed by atoms with E-state index in [4.69, 9.17) is 0 Å². The van der Waals surface area contributed by atoms with E-state index in [1.54, 1.807) is 11.8 Å². The van der Waals surface area contributed by atoms with Crippen molar-refractivity contribution in [3.8, 4) is 0 Å². The Kier molecular flexibility index (Phi) is 5.04. The molecule has 1 saturated heterocycles. The van der Waals surface area contributed by atoms with Gasteiger partial charge in [-0.3, -0.25) is 10.1 Å². The minimum Gasteiger partial charge on any atom is -0.301 e. The second kappa shape index (κ2) is 5.86. The highest BCUT2D eigenvalue weighted by molar-refractivity contribution is 7.99. The van der Waals surface area contributed by atoms with E-state index in [1.807, 2.05) is 13.8 Å². The molecule has 1 aliphatic heterocycles. The van der Waals surface area contributed by atoms with Gasteiger partial charge in [0.1, 0.15) is 0 Å². The van der Waals surface area contributed by atoms with E-state index in [2.05, 4.69) is 15.6 Å². The Hall–Kier alpha value is -0.300. The molecule has 0 aliphatic carbocycles. The third kappa shape index (κ3) is 3.10. The molecule has 0 spiro atoms. The van der Waals surface area contributed by atoms with Crippen molar-refractivity contribution < 1.29 is 4.79 Å². The second-order valence-corrected chi connectivity index (χ2v) is 5.66. The van der Waals surface area contributed by atoms with Gasteiger partial charge in [-0.2, -0.15) is 0 Å². The van der Waals surface area contributed by atoms with Gasteiger partial charge in [0, 0.05) is 16.5 Å². The predicted molar refractivity (Wildman–Crippen MR) is 71.7 cm³/mol. The Morgan fingerprint density at radius 3 is 2.81 bits per heavy atom. The number of thiazole rings is 1. The zero-order valence-electron chi connectivity index (χ0n) is 9.07. The Bertz CT molecular complexity index is 357. The smallest absolute Gasteiger partial charge is 0.244 e. The van der Waals surface area contributed by atoms with Gasteiger partial charge in [-0.05, 0) is 13.8 Å². The van der Waals surface area contributed by atoms with Crippen LogP contribution >= 0.6 is 35.5 Å². The molecule has 1 amide bonds. The van der Waals surface area contributed by atoms with Gasteiger partial charge >= 0.3 is 0 Å². The molecule has 0 radical (unpaired) electrons. The molecule has 1 fully saturated rings. The van der Waals surface area contributed by atoms with Crippen molar-refractivity contribution in [3.05, 3.63) is 10.6 Å². The van der Waals surface area contributed by atoms with Crippen LogP contribution in [-0.2, 0) is 4.79 Å². The summed E-state index contributed by atoms with van der Waals surface area (Å²) in [7, 11) is 0. The van der Waals surface area contributed by atoms with Crippen LogP contribution in [-0.4, -0.2) is 28.6 Å². The first kappa shape index (κ1) is 13.8. The Labute approximate surface area is 109 Å². The van der Waals surface area contributed by atoms with Gasteiger partial charge in [0.15, 0.2) is 5.13 Å². The Morgan fingerprint density at radius 1 is 1.56 bits per heavy atom. The lowest BCUT2D eigenvalue weighted by atomic mass is 10.3. The molecule has 1 aliphatic rings. The number of anilines is 1. The largest absolute Gasteiger partial charge is 0.301 e. The van der Waals surface area contributed by atoms with Crippen molar-refractivity contribution in [1.29, 1.82) is 0 Å². The molecule has 1 aromatic rings. The summed E-state index contributed by atoms with van der Waals surface area (Å²) in [5.41, 5.74) is 0.990. The first-order valence-corrected chi connectivity index (χ1v) is 6.70. The highest BCUT2D eigenvalue weighted by Crippen LogP contribution is 2.21. The molecule has 4 nitrogen and oxygen atoms in total. The van der Waals surface area contributed by atoms with Crippen LogP contribution in [0.3, 0.4) is 0 Å². The summed E-state index contributed by atoms with van der Waals surface area (Å²) in [6.45, 7) is 3.96. The average Bonchev–Trinajstić information content (AvgIpc) is 2.77. The number of aryl methyl sites for hydroxylation is 2. The van der Waals surface area contributed by atoms with Crippen LogP contribution in [0.2, 0.25) is 0 Å². The number of halogens is 1. The van der Waals surface area contributed by atoms with Crippen molar-refractivity contribution in [2.75, 3.05) is 16.9 Å². The fraction of sp³-hybridized carbons (Fsp3) is 0.556. The van der Waals surface area contributed by atoms with Crippen LogP contribution in [0.5, 0.6) is 0 Å². The monoisotopic (exact) mass is 279 g/mol. The Balaban J connectivity index is 0.00000128. The number of aromatic nitrogens is 1. The number of rotatable bonds is 2. The molecule has 2 heterocycles. The van der Waals surface area contributed by atoms with E-state index in [9.17, 15) is 4.79 Å². The number of carbonyl (C=O) groups excluding carboxylic acids is 1. The first-order valence-electron chi connectivity index (χ1n) is 4.73. The third-order valence-electron chi connectivity index (χ3n) is 2.29. The van der Waals surface area contributed by atoms with E-state index in [0.717, 1.165) is 22.2 Å². The Morgan fingerprint density at radius 2 is 2.31 bits per heavy atom. The van der Waals surface area contributed by atoms with Gasteiger partial charge < -0.3 is 5.32 Å². The highest BCUT2D eigenvalue weighted by atomic mass is 35.5. The normalized spacial score (nSPS) is 19.2. The van der Waals surface area contributed by atoms with Crippen molar-refractivity contribution in [1.82, 2.24) is 10.3 Å². The zero-order valence-corrected chi connectivity index (χ0v) is 11.5. The van der Waals surface area contributed by atoms with Gasteiger partial charge in [0.25, 0.3) is 0 Å². The number of hydrogen-bond acceptors (Lipinski definition) is 5. The van der Waals surface area contributed by atoms with Gasteiger partial charge in [-0.1, -0.05) is 0 Å². The zero-order chi connectivity index (χ0) is 10.8. The highest BCUT2D eigenvalue weighted by Gasteiger charge is 2.23. The van der Waals surface area contributed by atoms with Gasteiger partial charge in [0.05, 0.1) is 11.7 Å². The third-order valence-corrected chi connectivity index (χ3v) is 4.22. The summed E-state index contributed by atoms with van der Waals surface area (Å²) < 4.78 is 0. The van der Waals surface area contributed by atoms with Gasteiger partial charge in [0.2, 0.25) is 5.91 Å². The molecule has 0 unspecified atom stereocenters. The maximum absolute atomic E-state index is 11.7. The average molecular weight is 280 g/mol. The van der Waals surface area contributed by atoms with E-state index in [1.165, 1.54) is 11.3 Å². The number of hydrogen-bond donors (Lipinski definition) is 2. The van der Waals surface area contributed by atoms with Crippen LogP contribution < -0.4 is 10.6 Å². The maximum atomic E-state index is 11.7. The van der Waals surface area contributed by atoms with Crippen LogP contribution in [0, 0.1) is 13.8 Å². The number of nitrogens with zero attached hydrogens (tertiary/aromatic N) is 1. The summed E-state index contributed by atoms with van der Waals surface area (Å²) in [5.74, 6) is 1.72. The summed E-state index contributed by atoms with van der Waals surface area (Å²) in [4.78, 5) is 17.1. The molecule has 0 aromatic carbocycles. The van der Waals surface area contributed by atoms with Crippen LogP contribution in [0.25, 0.3) is 0 Å². The number of carbonyl (C=O) groups is 1. The topological polar surface area (TPSA) is 54.0 Å². The van der Waals surface area contributed by atoms with Crippen LogP contribution in [0.4, 0.5) is 5.13 Å². The van der Waals surface area contributed by atoms with Gasteiger partial charge in [-0.15, -0.1) is 35.5 Å². The molecule has 16 heavy (non-hydrogen) atoms. The predicted octanol–water partition coefficient (Wildman–Crippen LogP) is 1.78. The fourth-order valence-electron chi connectivity index (χ4n) is 1.28. The molecule has 90 valence electrons. The van der Waals surface area contributed by atoms with E-state index in [0.29, 0.717) is 5.13 Å². The van der Waals surface area contributed by atoms with Crippen molar-refractivity contribution >= 4 is 46.5 Å². The minimum atomic E-state index is -0.0699. The molecular formula is C9H14ClN3OS2. The standard InChI is InChI=1S/C9H13N3OS2.ClH/c1-5-6(2)15-9(11-5)12-8(13)7-3-14-4-10-7;/h7,10H,3-4H2,1-2H3,(H,11,12,13);1H/t7-;/m1./s1. The van der Waals surface area contributed by atoms with Crippen LogP contribution in [0.1, 0.15) is 10.6 Å². The summed E-state index contributed by atoms with van der Waals surface area (Å²) in [6, 6.07) is -0.0699. The summed E-state index contributed by atoms with van der Waals surface area (Å²) in [6.07, 6.45) is 0. The van der Waals surface area contributed by atoms with E-state index >= 15 is 0 Å². The fourth-order valence-corrected chi connectivity index (χ4v) is 3.04. The van der Waals surface area contributed by atoms with Crippen molar-refractivity contribution in [2.45, 2.75) is 19.9 Å². The molecule has 2 rings (SSSR count). The van der Waals surface area contributed by atoms with Crippen LogP contribution in [0.15, 0.2) is 0 Å². The SMILES string of the molecule is Cc1nc(NC(=O)[C@H]2CSCN2)sc1C.Cl. The van der Waals surface area contributed by atoms with E-state index in [-0.39, 0.29) is 24.4 Å². The van der Waals surface area contributed by atoms with Crippen molar-refractivity contribution in [3.63, 3.8) is 0 Å². The number of thioether (sulfide) groups is 1. The lowest BCUT2D eigenvalue weighted by molar-refractivity contribution is -0.117. The molecular weight excluding hydrogens is 266 g/mol. The molecule has 0 bridgehead atoms. The quantitative estimate of drug-likeness (QED) is 0.867. The van der Waals surface area contributed by atoms with Crippen molar-refractivity contribution in [2.24, 2.45) is 0 Å². The molecule has 1 atom stereocenters. The summed E-state index contributed by atoms with van der Waals surface area (Å²) in [5, 5.41) is 6.67. The van der Waals surface area contributed by atoms with Gasteiger partial charge in [-0.25, -0.2) is 4.98 Å². The first-order chi connectivity index (χ1) is 7.16. The molecule has 1 aromatic heterocycles. The lowest BCUT2D eigenvalue weighted by Gasteiger charge is -2.07. The van der Waals surface area contributed by atoms with E-state index < -0.39 is 0 Å². The number of amides is 1. The summed E-state index contributed by atoms with van der Waals surface area (Å²) >= 11 is 3.26. The second-order valence-electron chi connectivity index (χ2n) is 3.42. The maximum Gasteiger partial charge on any atom is 0.244 e. The molecule has 0 saturated carbocycles. The molecule has 2 N–H and O–H groups in total. The number of nitrogens with one attached hydrogen (secondary N) is 2.